The number of imidazole rings is 1. The standard InChI is InChI=1S/C24H24BN5/c1-2-16-9-10-19-20(13-16)27-23(26)21-22(19)30(24(25)28-21)15-18-7-5-17(6-8-18)14-29-11-3-4-12-29/h2,5-10,13H,1,3-4,11-12,14-15H2,(H2,26,27). The summed E-state index contributed by atoms with van der Waals surface area (Å²) in [4.78, 5) is 11.6. The van der Waals surface area contributed by atoms with Crippen LogP contribution in [0.15, 0.2) is 49.0 Å². The number of hydrogen-bond acceptors (Lipinski definition) is 4. The molecule has 2 aromatic heterocycles. The van der Waals surface area contributed by atoms with Crippen LogP contribution in [0.1, 0.15) is 29.5 Å². The molecule has 30 heavy (non-hydrogen) atoms. The zero-order valence-electron chi connectivity index (χ0n) is 17.0. The molecular formula is C24H24BN5. The summed E-state index contributed by atoms with van der Waals surface area (Å²) >= 11 is 0. The first-order valence-corrected chi connectivity index (χ1v) is 10.4. The van der Waals surface area contributed by atoms with Crippen LogP contribution < -0.4 is 11.5 Å². The van der Waals surface area contributed by atoms with E-state index >= 15 is 0 Å². The molecule has 0 bridgehead atoms. The molecule has 6 heteroatoms. The smallest absolute Gasteiger partial charge is 0.167 e. The predicted octanol–water partition coefficient (Wildman–Crippen LogP) is 3.25. The molecular weight excluding hydrogens is 369 g/mol. The minimum Gasteiger partial charge on any atom is -0.382 e. The van der Waals surface area contributed by atoms with Gasteiger partial charge in [0.25, 0.3) is 0 Å². The van der Waals surface area contributed by atoms with Crippen molar-refractivity contribution in [1.29, 1.82) is 0 Å². The van der Waals surface area contributed by atoms with E-state index in [-0.39, 0.29) is 0 Å². The molecule has 0 spiro atoms. The van der Waals surface area contributed by atoms with Crippen molar-refractivity contribution in [3.05, 3.63) is 65.7 Å². The summed E-state index contributed by atoms with van der Waals surface area (Å²) in [6, 6.07) is 14.8. The van der Waals surface area contributed by atoms with Gasteiger partial charge in [0.1, 0.15) is 5.52 Å². The molecule has 0 saturated carbocycles. The Balaban J connectivity index is 1.52. The van der Waals surface area contributed by atoms with Crippen molar-refractivity contribution in [1.82, 2.24) is 19.4 Å². The van der Waals surface area contributed by atoms with Gasteiger partial charge in [-0.1, -0.05) is 49.1 Å². The fourth-order valence-electron chi connectivity index (χ4n) is 4.36. The number of hydrogen-bond donors (Lipinski definition) is 1. The Morgan fingerprint density at radius 1 is 1.00 bits per heavy atom. The van der Waals surface area contributed by atoms with Crippen LogP contribution in [0.5, 0.6) is 0 Å². The van der Waals surface area contributed by atoms with Crippen LogP contribution in [-0.4, -0.2) is 40.4 Å². The Bertz CT molecular complexity index is 1240. The molecule has 5 nitrogen and oxygen atoms in total. The van der Waals surface area contributed by atoms with Gasteiger partial charge in [0.05, 0.1) is 16.8 Å². The van der Waals surface area contributed by atoms with Gasteiger partial charge >= 0.3 is 0 Å². The van der Waals surface area contributed by atoms with Crippen molar-refractivity contribution in [3.63, 3.8) is 0 Å². The summed E-state index contributed by atoms with van der Waals surface area (Å²) in [7, 11) is 6.30. The lowest BCUT2D eigenvalue weighted by molar-refractivity contribution is 0.331. The summed E-state index contributed by atoms with van der Waals surface area (Å²) < 4.78 is 2.03. The predicted molar refractivity (Wildman–Crippen MR) is 125 cm³/mol. The average molecular weight is 393 g/mol. The zero-order chi connectivity index (χ0) is 20.7. The Kier molecular flexibility index (Phi) is 4.79. The third kappa shape index (κ3) is 3.37. The van der Waals surface area contributed by atoms with Gasteiger partial charge in [0.15, 0.2) is 13.7 Å². The Hall–Kier alpha value is -3.12. The maximum atomic E-state index is 6.30. The SMILES string of the molecule is [B]c1nc2c(N)nc3cc(C=C)ccc3c2n1Cc1ccc(CN2CCCC2)cc1. The molecule has 5 rings (SSSR count). The van der Waals surface area contributed by atoms with E-state index in [2.05, 4.69) is 45.7 Å². The number of pyridine rings is 1. The second-order valence-electron chi connectivity index (χ2n) is 8.03. The summed E-state index contributed by atoms with van der Waals surface area (Å²) in [5.74, 6) is 0.394. The highest BCUT2D eigenvalue weighted by atomic mass is 15.1. The maximum absolute atomic E-state index is 6.30. The zero-order valence-corrected chi connectivity index (χ0v) is 17.0. The molecule has 3 heterocycles. The van der Waals surface area contributed by atoms with Crippen molar-refractivity contribution < 1.29 is 0 Å². The highest BCUT2D eigenvalue weighted by molar-refractivity contribution is 6.31. The summed E-state index contributed by atoms with van der Waals surface area (Å²) in [5, 5.41) is 0.986. The first-order valence-electron chi connectivity index (χ1n) is 10.4. The monoisotopic (exact) mass is 393 g/mol. The first kappa shape index (κ1) is 18.9. The molecule has 0 amide bonds. The third-order valence-corrected chi connectivity index (χ3v) is 5.96. The largest absolute Gasteiger partial charge is 0.382 e. The van der Waals surface area contributed by atoms with Crippen LogP contribution in [-0.2, 0) is 13.1 Å². The Morgan fingerprint density at radius 3 is 2.40 bits per heavy atom. The number of likely N-dealkylation sites (tertiary alicyclic amines) is 1. The third-order valence-electron chi connectivity index (χ3n) is 5.96. The second kappa shape index (κ2) is 7.61. The van der Waals surface area contributed by atoms with E-state index in [1.54, 1.807) is 6.08 Å². The first-order chi connectivity index (χ1) is 14.6. The highest BCUT2D eigenvalue weighted by Crippen LogP contribution is 2.28. The van der Waals surface area contributed by atoms with Crippen molar-refractivity contribution >= 4 is 47.4 Å². The molecule has 4 aromatic rings. The molecule has 1 saturated heterocycles. The molecule has 1 aliphatic rings. The van der Waals surface area contributed by atoms with Crippen molar-refractivity contribution in [2.75, 3.05) is 18.8 Å². The number of anilines is 1. The molecule has 148 valence electrons. The summed E-state index contributed by atoms with van der Waals surface area (Å²) in [5.41, 5.74) is 12.6. The molecule has 1 aliphatic heterocycles. The summed E-state index contributed by atoms with van der Waals surface area (Å²) in [6.07, 6.45) is 4.42. The van der Waals surface area contributed by atoms with Gasteiger partial charge in [-0.05, 0) is 48.7 Å². The quantitative estimate of drug-likeness (QED) is 0.529. The lowest BCUT2D eigenvalue weighted by Crippen LogP contribution is -2.20. The lowest BCUT2D eigenvalue weighted by Gasteiger charge is -2.15. The Labute approximate surface area is 177 Å². The van der Waals surface area contributed by atoms with Crippen LogP contribution in [0, 0.1) is 0 Å². The molecule has 0 aliphatic carbocycles. The van der Waals surface area contributed by atoms with E-state index in [1.165, 1.54) is 37.1 Å². The van der Waals surface area contributed by atoms with E-state index in [4.69, 9.17) is 13.6 Å². The van der Waals surface area contributed by atoms with E-state index in [9.17, 15) is 0 Å². The Morgan fingerprint density at radius 2 is 1.70 bits per heavy atom. The van der Waals surface area contributed by atoms with Crippen LogP contribution >= 0.6 is 0 Å². The van der Waals surface area contributed by atoms with Gasteiger partial charge in [0.2, 0.25) is 0 Å². The fraction of sp³-hybridized carbons (Fsp3) is 0.250. The second-order valence-corrected chi connectivity index (χ2v) is 8.03. The van der Waals surface area contributed by atoms with Gasteiger partial charge in [-0.15, -0.1) is 0 Å². The molecule has 2 N–H and O–H groups in total. The highest BCUT2D eigenvalue weighted by Gasteiger charge is 2.16. The minimum atomic E-state index is 0.394. The van der Waals surface area contributed by atoms with Gasteiger partial charge in [-0.3, -0.25) is 4.90 Å². The van der Waals surface area contributed by atoms with Crippen LogP contribution in [0.4, 0.5) is 5.82 Å². The fourth-order valence-corrected chi connectivity index (χ4v) is 4.36. The number of fused-ring (bicyclic) bond motifs is 3. The topological polar surface area (TPSA) is 60.0 Å². The van der Waals surface area contributed by atoms with Crippen molar-refractivity contribution in [2.24, 2.45) is 0 Å². The van der Waals surface area contributed by atoms with Crippen LogP contribution in [0.2, 0.25) is 0 Å². The van der Waals surface area contributed by atoms with E-state index in [0.717, 1.165) is 28.5 Å². The van der Waals surface area contributed by atoms with Gasteiger partial charge in [-0.25, -0.2) is 9.97 Å². The lowest BCUT2D eigenvalue weighted by atomic mass is 10.1. The number of nitrogen functional groups attached to an aromatic ring is 1. The number of aromatic nitrogens is 3. The van der Waals surface area contributed by atoms with Crippen molar-refractivity contribution in [2.45, 2.75) is 25.9 Å². The van der Waals surface area contributed by atoms with Crippen LogP contribution in [0.25, 0.3) is 28.0 Å². The average Bonchev–Trinajstić information content (AvgIpc) is 3.38. The summed E-state index contributed by atoms with van der Waals surface area (Å²) in [6.45, 7) is 7.90. The van der Waals surface area contributed by atoms with E-state index in [1.807, 2.05) is 22.8 Å². The van der Waals surface area contributed by atoms with Gasteiger partial charge in [0, 0.05) is 18.5 Å². The molecule has 2 aromatic carbocycles. The van der Waals surface area contributed by atoms with Crippen LogP contribution in [0.3, 0.4) is 0 Å². The number of nitrogens with zero attached hydrogens (tertiary/aromatic N) is 4. The van der Waals surface area contributed by atoms with E-state index in [0.29, 0.717) is 23.6 Å². The van der Waals surface area contributed by atoms with Gasteiger partial charge in [-0.2, -0.15) is 0 Å². The molecule has 2 radical (unpaired) electrons. The minimum absolute atomic E-state index is 0.394. The maximum Gasteiger partial charge on any atom is 0.167 e. The number of rotatable bonds is 5. The normalized spacial score (nSPS) is 14.7. The number of nitrogens with two attached hydrogens (primary N) is 1. The van der Waals surface area contributed by atoms with Gasteiger partial charge < -0.3 is 10.3 Å². The molecule has 0 atom stereocenters. The molecule has 1 fully saturated rings. The molecule has 0 unspecified atom stereocenters. The van der Waals surface area contributed by atoms with Crippen molar-refractivity contribution in [3.8, 4) is 0 Å². The number of benzene rings is 2. The van der Waals surface area contributed by atoms with E-state index < -0.39 is 0 Å².